The Labute approximate surface area is 117 Å². The Kier molecular flexibility index (Phi) is 6.11. The van der Waals surface area contributed by atoms with Crippen molar-refractivity contribution in [3.05, 3.63) is 0 Å². The van der Waals surface area contributed by atoms with Crippen molar-refractivity contribution < 1.29 is 4.79 Å². The molecule has 1 heterocycles. The number of carbonyl (C=O) groups is 1. The van der Waals surface area contributed by atoms with Crippen LogP contribution in [0, 0.1) is 11.8 Å². The van der Waals surface area contributed by atoms with Crippen molar-refractivity contribution in [2.24, 2.45) is 11.8 Å². The number of nitrogens with zero attached hydrogens (tertiary/aromatic N) is 1. The fourth-order valence-corrected chi connectivity index (χ4v) is 2.59. The van der Waals surface area contributed by atoms with Crippen LogP contribution in [0.1, 0.15) is 39.0 Å². The zero-order valence-corrected chi connectivity index (χ0v) is 12.3. The molecule has 0 aromatic heterocycles. The van der Waals surface area contributed by atoms with Crippen molar-refractivity contribution in [1.29, 1.82) is 0 Å². The van der Waals surface area contributed by atoms with E-state index < -0.39 is 0 Å². The molecule has 1 saturated carbocycles. The molecule has 0 aromatic carbocycles. The number of hydrogen-bond donors (Lipinski definition) is 2. The number of rotatable bonds is 8. The summed E-state index contributed by atoms with van der Waals surface area (Å²) in [5, 5.41) is 6.22. The zero-order chi connectivity index (χ0) is 13.5. The van der Waals surface area contributed by atoms with Crippen LogP contribution >= 0.6 is 0 Å². The molecule has 2 fully saturated rings. The van der Waals surface area contributed by atoms with Crippen LogP contribution in [-0.2, 0) is 4.79 Å². The van der Waals surface area contributed by atoms with E-state index in [4.69, 9.17) is 0 Å². The van der Waals surface area contributed by atoms with Gasteiger partial charge in [0.2, 0.25) is 5.91 Å². The molecule has 2 rings (SSSR count). The van der Waals surface area contributed by atoms with E-state index in [1.807, 2.05) is 0 Å². The average molecular weight is 267 g/mol. The van der Waals surface area contributed by atoms with Gasteiger partial charge in [-0.05, 0) is 70.1 Å². The molecule has 2 aliphatic rings. The normalized spacial score (nSPS) is 21.5. The van der Waals surface area contributed by atoms with E-state index in [0.717, 1.165) is 37.9 Å². The first kappa shape index (κ1) is 14.8. The van der Waals surface area contributed by atoms with E-state index >= 15 is 0 Å². The van der Waals surface area contributed by atoms with Crippen LogP contribution < -0.4 is 10.6 Å². The molecule has 0 radical (unpaired) electrons. The molecule has 0 aromatic rings. The lowest BCUT2D eigenvalue weighted by atomic mass is 9.99. The first-order valence-corrected chi connectivity index (χ1v) is 7.94. The Hall–Kier alpha value is -0.610. The van der Waals surface area contributed by atoms with E-state index in [2.05, 4.69) is 22.5 Å². The SMILES string of the molecule is CC1CCN(CCCNC(=O)CNCC2CC2)CC1. The molecule has 110 valence electrons. The summed E-state index contributed by atoms with van der Waals surface area (Å²) in [6.45, 7) is 8.25. The van der Waals surface area contributed by atoms with Gasteiger partial charge in [-0.3, -0.25) is 4.79 Å². The van der Waals surface area contributed by atoms with Gasteiger partial charge in [0.05, 0.1) is 6.54 Å². The third kappa shape index (κ3) is 6.39. The molecule has 1 amide bonds. The quantitative estimate of drug-likeness (QED) is 0.650. The van der Waals surface area contributed by atoms with Crippen LogP contribution in [0.25, 0.3) is 0 Å². The smallest absolute Gasteiger partial charge is 0.233 e. The Balaban J connectivity index is 1.41. The highest BCUT2D eigenvalue weighted by molar-refractivity contribution is 5.77. The zero-order valence-electron chi connectivity index (χ0n) is 12.3. The molecule has 0 unspecified atom stereocenters. The monoisotopic (exact) mass is 267 g/mol. The summed E-state index contributed by atoms with van der Waals surface area (Å²) in [7, 11) is 0. The second-order valence-corrected chi connectivity index (χ2v) is 6.30. The number of piperidine rings is 1. The Bertz CT molecular complexity index is 271. The predicted molar refractivity (Wildman–Crippen MR) is 78.1 cm³/mol. The lowest BCUT2D eigenvalue weighted by Crippen LogP contribution is -2.38. The highest BCUT2D eigenvalue weighted by Crippen LogP contribution is 2.27. The van der Waals surface area contributed by atoms with Gasteiger partial charge in [0, 0.05) is 6.54 Å². The van der Waals surface area contributed by atoms with Gasteiger partial charge in [-0.2, -0.15) is 0 Å². The lowest BCUT2D eigenvalue weighted by Gasteiger charge is -2.30. The van der Waals surface area contributed by atoms with Gasteiger partial charge in [-0.15, -0.1) is 0 Å². The molecular formula is C15H29N3O. The topological polar surface area (TPSA) is 44.4 Å². The molecule has 1 saturated heterocycles. The van der Waals surface area contributed by atoms with Gasteiger partial charge in [0.1, 0.15) is 0 Å². The van der Waals surface area contributed by atoms with Crippen molar-refractivity contribution in [2.75, 3.05) is 39.3 Å². The molecule has 1 aliphatic carbocycles. The molecule has 4 nitrogen and oxygen atoms in total. The minimum absolute atomic E-state index is 0.146. The average Bonchev–Trinajstić information content (AvgIpc) is 3.21. The Morgan fingerprint density at radius 2 is 1.95 bits per heavy atom. The predicted octanol–water partition coefficient (Wildman–Crippen LogP) is 1.22. The second kappa shape index (κ2) is 7.85. The van der Waals surface area contributed by atoms with Crippen molar-refractivity contribution in [1.82, 2.24) is 15.5 Å². The summed E-state index contributed by atoms with van der Waals surface area (Å²) < 4.78 is 0. The maximum atomic E-state index is 11.6. The van der Waals surface area contributed by atoms with Crippen LogP contribution in [0.5, 0.6) is 0 Å². The van der Waals surface area contributed by atoms with E-state index in [9.17, 15) is 4.79 Å². The van der Waals surface area contributed by atoms with E-state index in [-0.39, 0.29) is 5.91 Å². The van der Waals surface area contributed by atoms with Crippen LogP contribution in [0.2, 0.25) is 0 Å². The summed E-state index contributed by atoms with van der Waals surface area (Å²) in [6.07, 6.45) is 6.41. The molecule has 19 heavy (non-hydrogen) atoms. The van der Waals surface area contributed by atoms with Gasteiger partial charge in [-0.1, -0.05) is 6.92 Å². The van der Waals surface area contributed by atoms with Crippen LogP contribution in [-0.4, -0.2) is 50.1 Å². The summed E-state index contributed by atoms with van der Waals surface area (Å²) in [4.78, 5) is 14.1. The molecule has 1 aliphatic heterocycles. The van der Waals surface area contributed by atoms with E-state index in [0.29, 0.717) is 6.54 Å². The summed E-state index contributed by atoms with van der Waals surface area (Å²) >= 11 is 0. The molecule has 0 spiro atoms. The summed E-state index contributed by atoms with van der Waals surface area (Å²) in [5.41, 5.74) is 0. The maximum absolute atomic E-state index is 11.6. The number of nitrogens with one attached hydrogen (secondary N) is 2. The minimum atomic E-state index is 0.146. The maximum Gasteiger partial charge on any atom is 0.233 e. The lowest BCUT2D eigenvalue weighted by molar-refractivity contribution is -0.120. The first-order chi connectivity index (χ1) is 9.24. The van der Waals surface area contributed by atoms with Crippen molar-refractivity contribution >= 4 is 5.91 Å². The fourth-order valence-electron chi connectivity index (χ4n) is 2.59. The highest BCUT2D eigenvalue weighted by atomic mass is 16.1. The van der Waals surface area contributed by atoms with Crippen molar-refractivity contribution in [3.8, 4) is 0 Å². The van der Waals surface area contributed by atoms with Crippen molar-refractivity contribution in [2.45, 2.75) is 39.0 Å². The highest BCUT2D eigenvalue weighted by Gasteiger charge is 2.20. The van der Waals surface area contributed by atoms with Crippen LogP contribution in [0.3, 0.4) is 0 Å². The summed E-state index contributed by atoms with van der Waals surface area (Å²) in [5.74, 6) is 1.88. The number of amides is 1. The Morgan fingerprint density at radius 3 is 2.63 bits per heavy atom. The van der Waals surface area contributed by atoms with Crippen LogP contribution in [0.15, 0.2) is 0 Å². The van der Waals surface area contributed by atoms with Crippen molar-refractivity contribution in [3.63, 3.8) is 0 Å². The van der Waals surface area contributed by atoms with Gasteiger partial charge in [0.15, 0.2) is 0 Å². The third-order valence-electron chi connectivity index (χ3n) is 4.27. The largest absolute Gasteiger partial charge is 0.355 e. The van der Waals surface area contributed by atoms with Gasteiger partial charge in [-0.25, -0.2) is 0 Å². The first-order valence-electron chi connectivity index (χ1n) is 7.94. The van der Waals surface area contributed by atoms with Gasteiger partial charge >= 0.3 is 0 Å². The third-order valence-corrected chi connectivity index (χ3v) is 4.27. The molecule has 2 N–H and O–H groups in total. The van der Waals surface area contributed by atoms with Gasteiger partial charge < -0.3 is 15.5 Å². The molecule has 0 bridgehead atoms. The summed E-state index contributed by atoms with van der Waals surface area (Å²) in [6, 6.07) is 0. The molecular weight excluding hydrogens is 238 g/mol. The molecule has 4 heteroatoms. The van der Waals surface area contributed by atoms with Gasteiger partial charge in [0.25, 0.3) is 0 Å². The van der Waals surface area contributed by atoms with E-state index in [1.54, 1.807) is 0 Å². The molecule has 0 atom stereocenters. The second-order valence-electron chi connectivity index (χ2n) is 6.30. The fraction of sp³-hybridized carbons (Fsp3) is 0.933. The van der Waals surface area contributed by atoms with Crippen LogP contribution in [0.4, 0.5) is 0 Å². The minimum Gasteiger partial charge on any atom is -0.355 e. The standard InChI is InChI=1S/C15H29N3O/c1-13-5-9-18(10-6-13)8-2-7-17-15(19)12-16-11-14-3-4-14/h13-14,16H,2-12H2,1H3,(H,17,19). The Morgan fingerprint density at radius 1 is 1.21 bits per heavy atom. The number of carbonyl (C=O) groups excluding carboxylic acids is 1. The number of hydrogen-bond acceptors (Lipinski definition) is 3. The number of likely N-dealkylation sites (tertiary alicyclic amines) is 1. The van der Waals surface area contributed by atoms with E-state index in [1.165, 1.54) is 38.8 Å².